The third-order valence-corrected chi connectivity index (χ3v) is 3.13. The maximum Gasteiger partial charge on any atom is 0.0827 e. The van der Waals surface area contributed by atoms with E-state index in [0.29, 0.717) is 6.04 Å². The smallest absolute Gasteiger partial charge is 0.0827 e. The summed E-state index contributed by atoms with van der Waals surface area (Å²) in [5.74, 6) is 0. The Bertz CT molecular complexity index is 464. The second-order valence-corrected chi connectivity index (χ2v) is 4.53. The highest BCUT2D eigenvalue weighted by Gasteiger charge is 2.08. The Morgan fingerprint density at radius 3 is 2.67 bits per heavy atom. The maximum atomic E-state index is 4.10. The average Bonchev–Trinajstić information content (AvgIpc) is 2.81. The summed E-state index contributed by atoms with van der Waals surface area (Å²) in [4.78, 5) is 0. The number of nitrogens with zero attached hydrogens (tertiary/aromatic N) is 3. The summed E-state index contributed by atoms with van der Waals surface area (Å²) in [7, 11) is 3.91. The Balaban J connectivity index is 1.84. The molecule has 1 aromatic carbocycles. The number of hydrogen-bond acceptors (Lipinski definition) is 3. The van der Waals surface area contributed by atoms with E-state index in [4.69, 9.17) is 0 Å². The lowest BCUT2D eigenvalue weighted by molar-refractivity contribution is 0.525. The van der Waals surface area contributed by atoms with Crippen molar-refractivity contribution in [2.45, 2.75) is 25.3 Å². The highest BCUT2D eigenvalue weighted by Crippen LogP contribution is 2.18. The highest BCUT2D eigenvalue weighted by molar-refractivity contribution is 5.18. The fourth-order valence-electron chi connectivity index (χ4n) is 2.16. The first-order chi connectivity index (χ1) is 8.79. The first-order valence-electron chi connectivity index (χ1n) is 6.37. The molecule has 2 aromatic rings. The first-order valence-corrected chi connectivity index (χ1v) is 6.37. The van der Waals surface area contributed by atoms with Gasteiger partial charge in [-0.25, -0.2) is 0 Å². The van der Waals surface area contributed by atoms with E-state index in [0.717, 1.165) is 25.0 Å². The van der Waals surface area contributed by atoms with Crippen molar-refractivity contribution < 1.29 is 0 Å². The molecule has 0 aliphatic carbocycles. The molecule has 4 heteroatoms. The molecule has 1 heterocycles. The Kier molecular flexibility index (Phi) is 4.47. The van der Waals surface area contributed by atoms with E-state index in [1.54, 1.807) is 4.68 Å². The summed E-state index contributed by atoms with van der Waals surface area (Å²) in [6, 6.07) is 11.0. The number of nitrogens with one attached hydrogen (secondary N) is 1. The SMILES string of the molecule is CNC(CCCc1cn(C)nn1)c1ccccc1. The Hall–Kier alpha value is -1.68. The molecule has 0 aliphatic heterocycles. The molecule has 1 atom stereocenters. The molecule has 96 valence electrons. The predicted octanol–water partition coefficient (Wildman–Crippen LogP) is 2.10. The van der Waals surface area contributed by atoms with Crippen molar-refractivity contribution in [3.63, 3.8) is 0 Å². The molecule has 1 N–H and O–H groups in total. The summed E-state index contributed by atoms with van der Waals surface area (Å²) in [5, 5.41) is 11.4. The topological polar surface area (TPSA) is 42.7 Å². The van der Waals surface area contributed by atoms with Crippen LogP contribution in [0.3, 0.4) is 0 Å². The molecule has 0 saturated carbocycles. The number of hydrogen-bond donors (Lipinski definition) is 1. The van der Waals surface area contributed by atoms with Crippen LogP contribution in [0.2, 0.25) is 0 Å². The lowest BCUT2D eigenvalue weighted by atomic mass is 10.0. The van der Waals surface area contributed by atoms with Gasteiger partial charge in [-0.1, -0.05) is 35.5 Å². The molecular formula is C14H20N4. The average molecular weight is 244 g/mol. The van der Waals surface area contributed by atoms with Crippen LogP contribution in [0.1, 0.15) is 30.1 Å². The van der Waals surface area contributed by atoms with Crippen LogP contribution < -0.4 is 5.32 Å². The van der Waals surface area contributed by atoms with Crippen LogP contribution in [-0.4, -0.2) is 22.0 Å². The standard InChI is InChI=1S/C14H20N4/c1-15-14(12-7-4-3-5-8-12)10-6-9-13-11-18(2)17-16-13/h3-5,7-8,11,14-15H,6,9-10H2,1-2H3. The first kappa shape index (κ1) is 12.8. The Labute approximate surface area is 108 Å². The summed E-state index contributed by atoms with van der Waals surface area (Å²) in [5.41, 5.74) is 2.42. The molecule has 0 bridgehead atoms. The summed E-state index contributed by atoms with van der Waals surface area (Å²) < 4.78 is 1.75. The van der Waals surface area contributed by atoms with Crippen molar-refractivity contribution in [1.29, 1.82) is 0 Å². The minimum atomic E-state index is 0.419. The number of rotatable bonds is 6. The maximum absolute atomic E-state index is 4.10. The molecule has 0 spiro atoms. The van der Waals surface area contributed by atoms with E-state index >= 15 is 0 Å². The number of benzene rings is 1. The Morgan fingerprint density at radius 1 is 1.28 bits per heavy atom. The summed E-state index contributed by atoms with van der Waals surface area (Å²) in [6.07, 6.45) is 5.19. The van der Waals surface area contributed by atoms with Gasteiger partial charge < -0.3 is 5.32 Å². The van der Waals surface area contributed by atoms with Gasteiger partial charge in [0, 0.05) is 19.3 Å². The van der Waals surface area contributed by atoms with Crippen LogP contribution >= 0.6 is 0 Å². The van der Waals surface area contributed by atoms with Gasteiger partial charge in [-0.2, -0.15) is 0 Å². The lowest BCUT2D eigenvalue weighted by Gasteiger charge is -2.16. The van der Waals surface area contributed by atoms with E-state index in [-0.39, 0.29) is 0 Å². The summed E-state index contributed by atoms with van der Waals surface area (Å²) >= 11 is 0. The molecular weight excluding hydrogens is 224 g/mol. The zero-order valence-corrected chi connectivity index (χ0v) is 11.0. The zero-order valence-electron chi connectivity index (χ0n) is 11.0. The van der Waals surface area contributed by atoms with Crippen molar-refractivity contribution >= 4 is 0 Å². The van der Waals surface area contributed by atoms with Gasteiger partial charge in [0.15, 0.2) is 0 Å². The lowest BCUT2D eigenvalue weighted by Crippen LogP contribution is -2.16. The van der Waals surface area contributed by atoms with Crippen molar-refractivity contribution in [1.82, 2.24) is 20.3 Å². The molecule has 2 rings (SSSR count). The van der Waals surface area contributed by atoms with Crippen molar-refractivity contribution in [3.8, 4) is 0 Å². The van der Waals surface area contributed by atoms with E-state index in [1.165, 1.54) is 5.56 Å². The van der Waals surface area contributed by atoms with Gasteiger partial charge in [0.05, 0.1) is 5.69 Å². The molecule has 1 aromatic heterocycles. The van der Waals surface area contributed by atoms with Gasteiger partial charge in [0.2, 0.25) is 0 Å². The third kappa shape index (κ3) is 3.40. The van der Waals surface area contributed by atoms with Crippen molar-refractivity contribution in [2.24, 2.45) is 7.05 Å². The molecule has 4 nitrogen and oxygen atoms in total. The minimum Gasteiger partial charge on any atom is -0.313 e. The minimum absolute atomic E-state index is 0.419. The van der Waals surface area contributed by atoms with Gasteiger partial charge in [0.25, 0.3) is 0 Å². The largest absolute Gasteiger partial charge is 0.313 e. The fourth-order valence-corrected chi connectivity index (χ4v) is 2.16. The van der Waals surface area contributed by atoms with E-state index in [1.807, 2.05) is 20.3 Å². The molecule has 1 unspecified atom stereocenters. The van der Waals surface area contributed by atoms with Crippen LogP contribution in [0.4, 0.5) is 0 Å². The molecule has 0 saturated heterocycles. The zero-order chi connectivity index (χ0) is 12.8. The van der Waals surface area contributed by atoms with E-state index in [9.17, 15) is 0 Å². The van der Waals surface area contributed by atoms with Crippen molar-refractivity contribution in [3.05, 3.63) is 47.8 Å². The van der Waals surface area contributed by atoms with E-state index in [2.05, 4.69) is 46.0 Å². The molecule has 0 radical (unpaired) electrons. The summed E-state index contributed by atoms with van der Waals surface area (Å²) in [6.45, 7) is 0. The normalized spacial score (nSPS) is 12.6. The second kappa shape index (κ2) is 6.31. The van der Waals surface area contributed by atoms with E-state index < -0.39 is 0 Å². The highest BCUT2D eigenvalue weighted by atomic mass is 15.4. The Morgan fingerprint density at radius 2 is 2.06 bits per heavy atom. The van der Waals surface area contributed by atoms with Crippen molar-refractivity contribution in [2.75, 3.05) is 7.05 Å². The van der Waals surface area contributed by atoms with Crippen LogP contribution in [0.25, 0.3) is 0 Å². The second-order valence-electron chi connectivity index (χ2n) is 4.53. The fraction of sp³-hybridized carbons (Fsp3) is 0.429. The quantitative estimate of drug-likeness (QED) is 0.846. The monoisotopic (exact) mass is 244 g/mol. The van der Waals surface area contributed by atoms with Crippen LogP contribution in [0.5, 0.6) is 0 Å². The number of aryl methyl sites for hydroxylation is 2. The van der Waals surface area contributed by atoms with Crippen LogP contribution in [-0.2, 0) is 13.5 Å². The molecule has 0 fully saturated rings. The van der Waals surface area contributed by atoms with Gasteiger partial charge >= 0.3 is 0 Å². The number of aromatic nitrogens is 3. The predicted molar refractivity (Wildman–Crippen MR) is 72.2 cm³/mol. The van der Waals surface area contributed by atoms with Gasteiger partial charge in [0.1, 0.15) is 0 Å². The molecule has 18 heavy (non-hydrogen) atoms. The van der Waals surface area contributed by atoms with Gasteiger partial charge in [-0.15, -0.1) is 5.10 Å². The van der Waals surface area contributed by atoms with Crippen LogP contribution in [0.15, 0.2) is 36.5 Å². The molecule has 0 aliphatic rings. The van der Waals surface area contributed by atoms with Crippen LogP contribution in [0, 0.1) is 0 Å². The third-order valence-electron chi connectivity index (χ3n) is 3.13. The van der Waals surface area contributed by atoms with Gasteiger partial charge in [-0.05, 0) is 31.9 Å². The van der Waals surface area contributed by atoms with Gasteiger partial charge in [-0.3, -0.25) is 4.68 Å². The molecule has 0 amide bonds.